The zero-order chi connectivity index (χ0) is 15.2. The average molecular weight is 292 g/mol. The van der Waals surface area contributed by atoms with Crippen molar-refractivity contribution in [2.45, 2.75) is 58.0 Å². The molecule has 0 aromatic carbocycles. The maximum atomic E-state index is 10.8. The molecule has 0 saturated carbocycles. The van der Waals surface area contributed by atoms with Gasteiger partial charge in [-0.2, -0.15) is 13.2 Å². The molecule has 18 heavy (non-hydrogen) atoms. The summed E-state index contributed by atoms with van der Waals surface area (Å²) < 4.78 is 51.2. The number of sulfonamides is 1. The van der Waals surface area contributed by atoms with Crippen LogP contribution in [0.4, 0.5) is 13.2 Å². The van der Waals surface area contributed by atoms with Crippen molar-refractivity contribution in [1.29, 1.82) is 0 Å². The summed E-state index contributed by atoms with van der Waals surface area (Å²) in [7, 11) is -5.34. The van der Waals surface area contributed by atoms with Crippen LogP contribution < -0.4 is 10.9 Å². The molecule has 8 heteroatoms. The Morgan fingerprint density at radius 1 is 1.22 bits per heavy atom. The van der Waals surface area contributed by atoms with E-state index in [0.29, 0.717) is 5.92 Å². The predicted octanol–water partition coefficient (Wildman–Crippen LogP) is 2.34. The molecule has 4 nitrogen and oxygen atoms in total. The Morgan fingerprint density at radius 2 is 1.56 bits per heavy atom. The van der Waals surface area contributed by atoms with Gasteiger partial charge in [0.1, 0.15) is 0 Å². The normalized spacial score (nSPS) is 14.7. The van der Waals surface area contributed by atoms with Crippen molar-refractivity contribution in [2.24, 2.45) is 16.8 Å². The van der Waals surface area contributed by atoms with Crippen LogP contribution in [0.3, 0.4) is 0 Å². The van der Waals surface area contributed by atoms with Crippen LogP contribution in [0.2, 0.25) is 0 Å². The van der Waals surface area contributed by atoms with Crippen LogP contribution in [-0.2, 0) is 10.0 Å². The minimum Gasteiger partial charge on any atom is -0.325 e. The van der Waals surface area contributed by atoms with E-state index in [0.717, 1.165) is 0 Å². The van der Waals surface area contributed by atoms with Gasteiger partial charge in [0.05, 0.1) is 0 Å². The largest absolute Gasteiger partial charge is 0.511 e. The van der Waals surface area contributed by atoms with Crippen LogP contribution in [0.15, 0.2) is 0 Å². The van der Waals surface area contributed by atoms with E-state index in [9.17, 15) is 21.6 Å². The number of primary sulfonamides is 1. The Bertz CT molecular complexity index is 321. The Hall–Kier alpha value is -0.340. The van der Waals surface area contributed by atoms with Gasteiger partial charge >= 0.3 is 15.5 Å². The molecule has 112 valence electrons. The second-order valence-corrected chi connectivity index (χ2v) is 6.41. The fourth-order valence-electron chi connectivity index (χ4n) is 0.882. The van der Waals surface area contributed by atoms with Gasteiger partial charge in [0.2, 0.25) is 0 Å². The highest BCUT2D eigenvalue weighted by Gasteiger charge is 2.42. The summed E-state index contributed by atoms with van der Waals surface area (Å²) in [6.45, 7) is 8.66. The summed E-state index contributed by atoms with van der Waals surface area (Å²) in [6, 6.07) is 0. The highest BCUT2D eigenvalue weighted by molar-refractivity contribution is 7.90. The minimum atomic E-state index is -5.34. The Labute approximate surface area is 107 Å². The van der Waals surface area contributed by atoms with E-state index in [-0.39, 0.29) is 5.54 Å². The lowest BCUT2D eigenvalue weighted by Gasteiger charge is -2.26. The van der Waals surface area contributed by atoms with E-state index in [1.54, 1.807) is 0 Å². The molecule has 0 heterocycles. The van der Waals surface area contributed by atoms with Crippen molar-refractivity contribution in [3.63, 3.8) is 0 Å². The van der Waals surface area contributed by atoms with E-state index in [4.69, 9.17) is 5.73 Å². The van der Waals surface area contributed by atoms with E-state index < -0.39 is 15.5 Å². The van der Waals surface area contributed by atoms with Crippen LogP contribution >= 0.6 is 0 Å². The predicted molar refractivity (Wildman–Crippen MR) is 66.1 cm³/mol. The second kappa shape index (κ2) is 7.30. The molecule has 0 radical (unpaired) electrons. The molecule has 0 aliphatic rings. The molecule has 0 fully saturated rings. The molecule has 0 aromatic heterocycles. The van der Waals surface area contributed by atoms with Crippen LogP contribution in [0.25, 0.3) is 0 Å². The van der Waals surface area contributed by atoms with E-state index in [2.05, 4.69) is 32.8 Å². The van der Waals surface area contributed by atoms with Gasteiger partial charge in [0, 0.05) is 5.54 Å². The smallest absolute Gasteiger partial charge is 0.325 e. The van der Waals surface area contributed by atoms with Gasteiger partial charge in [-0.25, -0.2) is 13.6 Å². The van der Waals surface area contributed by atoms with Gasteiger partial charge in [-0.3, -0.25) is 0 Å². The maximum Gasteiger partial charge on any atom is 0.511 e. The van der Waals surface area contributed by atoms with Gasteiger partial charge < -0.3 is 5.73 Å². The van der Waals surface area contributed by atoms with Crippen molar-refractivity contribution in [2.75, 3.05) is 0 Å². The molecule has 0 bridgehead atoms. The number of hydrogen-bond acceptors (Lipinski definition) is 3. The number of hydrogen-bond donors (Lipinski definition) is 2. The van der Waals surface area contributed by atoms with Crippen molar-refractivity contribution in [3.8, 4) is 0 Å². The molecule has 1 unspecified atom stereocenters. The Morgan fingerprint density at radius 3 is 1.72 bits per heavy atom. The first kappa shape index (κ1) is 20.0. The van der Waals surface area contributed by atoms with Crippen molar-refractivity contribution < 1.29 is 21.6 Å². The fourth-order valence-corrected chi connectivity index (χ4v) is 0.882. The number of unbranched alkanes of at least 4 members (excludes halogenated alkanes) is 1. The molecule has 0 saturated heterocycles. The van der Waals surface area contributed by atoms with Gasteiger partial charge in [0.15, 0.2) is 0 Å². The first-order valence-electron chi connectivity index (χ1n) is 5.61. The van der Waals surface area contributed by atoms with Crippen molar-refractivity contribution in [1.82, 2.24) is 0 Å². The van der Waals surface area contributed by atoms with E-state index >= 15 is 0 Å². The van der Waals surface area contributed by atoms with Crippen LogP contribution in [-0.4, -0.2) is 19.5 Å². The van der Waals surface area contributed by atoms with Crippen LogP contribution in [0.5, 0.6) is 0 Å². The number of alkyl halides is 3. The third-order valence-electron chi connectivity index (χ3n) is 2.58. The van der Waals surface area contributed by atoms with Gasteiger partial charge in [-0.15, -0.1) is 0 Å². The highest BCUT2D eigenvalue weighted by Crippen LogP contribution is 2.19. The van der Waals surface area contributed by atoms with Crippen molar-refractivity contribution >= 4 is 10.0 Å². The molecule has 0 aliphatic carbocycles. The zero-order valence-electron chi connectivity index (χ0n) is 11.2. The molecule has 0 aliphatic heterocycles. The molecular weight excluding hydrogens is 269 g/mol. The third kappa shape index (κ3) is 9.67. The summed E-state index contributed by atoms with van der Waals surface area (Å²) >= 11 is 0. The van der Waals surface area contributed by atoms with Gasteiger partial charge in [-0.1, -0.05) is 26.7 Å². The fraction of sp³-hybridized carbons (Fsp3) is 1.00. The molecule has 0 rings (SSSR count). The lowest BCUT2D eigenvalue weighted by molar-refractivity contribution is -0.0436. The molecule has 0 aromatic rings. The first-order valence-corrected chi connectivity index (χ1v) is 7.16. The third-order valence-corrected chi connectivity index (χ3v) is 3.23. The first-order chi connectivity index (χ1) is 7.73. The topological polar surface area (TPSA) is 86.2 Å². The highest BCUT2D eigenvalue weighted by atomic mass is 32.2. The summed E-state index contributed by atoms with van der Waals surface area (Å²) in [4.78, 5) is 0. The molecular formula is C10H23F3N2O2S. The SMILES string of the molecule is CCCCC(C)C(C)(C)N.NS(=O)(=O)C(F)(F)F. The van der Waals surface area contributed by atoms with Gasteiger partial charge in [0.25, 0.3) is 0 Å². The van der Waals surface area contributed by atoms with E-state index in [1.807, 2.05) is 0 Å². The number of halogens is 3. The maximum absolute atomic E-state index is 10.8. The number of nitrogens with two attached hydrogens (primary N) is 2. The van der Waals surface area contributed by atoms with Crippen molar-refractivity contribution in [3.05, 3.63) is 0 Å². The molecule has 1 atom stereocenters. The van der Waals surface area contributed by atoms with Crippen LogP contribution in [0.1, 0.15) is 47.0 Å². The molecule has 0 amide bonds. The summed E-state index contributed by atoms with van der Waals surface area (Å²) in [5.74, 6) is 0.646. The van der Waals surface area contributed by atoms with E-state index in [1.165, 1.54) is 19.3 Å². The number of rotatable bonds is 4. The monoisotopic (exact) mass is 292 g/mol. The lowest BCUT2D eigenvalue weighted by Crippen LogP contribution is -2.39. The summed E-state index contributed by atoms with van der Waals surface area (Å²) in [5.41, 5.74) is 0.616. The quantitative estimate of drug-likeness (QED) is 0.834. The second-order valence-electron chi connectivity index (χ2n) is 4.86. The summed E-state index contributed by atoms with van der Waals surface area (Å²) in [5, 5.41) is 3.66. The average Bonchev–Trinajstić information content (AvgIpc) is 2.10. The van der Waals surface area contributed by atoms with Gasteiger partial charge in [-0.05, 0) is 26.2 Å². The minimum absolute atomic E-state index is 0.00910. The lowest BCUT2D eigenvalue weighted by atomic mass is 9.86. The molecule has 0 spiro atoms. The standard InChI is InChI=1S/C9H21N.CH2F3NO2S/c1-5-6-7-8(2)9(3,4)10;2-1(3,4)8(5,6)7/h8H,5-7,10H2,1-4H3;(H2,5,6,7). The molecule has 4 N–H and O–H groups in total. The Balaban J connectivity index is 0. The zero-order valence-corrected chi connectivity index (χ0v) is 12.0. The Kier molecular flexibility index (Phi) is 8.10. The van der Waals surface area contributed by atoms with Crippen LogP contribution in [0, 0.1) is 5.92 Å². The summed E-state index contributed by atoms with van der Waals surface area (Å²) in [6.07, 6.45) is 3.85.